The first-order valence-corrected chi connectivity index (χ1v) is 4.64. The third-order valence-corrected chi connectivity index (χ3v) is 2.95. The SMILES string of the molecule is CN(C)NC(=O)C1CC2CC2C1. The Bertz CT molecular complexity index is 193. The quantitative estimate of drug-likeness (QED) is 0.613. The molecule has 0 aromatic heterocycles. The van der Waals surface area contributed by atoms with Gasteiger partial charge in [0.1, 0.15) is 0 Å². The number of nitrogens with zero attached hydrogens (tertiary/aromatic N) is 1. The number of carbonyl (C=O) groups is 1. The highest BCUT2D eigenvalue weighted by Gasteiger charge is 2.47. The summed E-state index contributed by atoms with van der Waals surface area (Å²) in [5.74, 6) is 2.30. The molecule has 2 atom stereocenters. The summed E-state index contributed by atoms with van der Waals surface area (Å²) < 4.78 is 0. The van der Waals surface area contributed by atoms with Gasteiger partial charge in [-0.3, -0.25) is 10.2 Å². The summed E-state index contributed by atoms with van der Waals surface area (Å²) in [6.07, 6.45) is 3.64. The van der Waals surface area contributed by atoms with Crippen LogP contribution >= 0.6 is 0 Å². The van der Waals surface area contributed by atoms with Gasteiger partial charge < -0.3 is 0 Å². The fourth-order valence-electron chi connectivity index (χ4n) is 2.24. The minimum atomic E-state index is 0.215. The summed E-state index contributed by atoms with van der Waals surface area (Å²) in [5, 5.41) is 1.73. The Labute approximate surface area is 73.1 Å². The predicted octanol–water partition coefficient (Wildman–Crippen LogP) is 0.625. The average molecular weight is 168 g/mol. The predicted molar refractivity (Wildman–Crippen MR) is 46.2 cm³/mol. The maximum Gasteiger partial charge on any atom is 0.237 e. The van der Waals surface area contributed by atoms with E-state index in [2.05, 4.69) is 5.43 Å². The Hall–Kier alpha value is -0.570. The fourth-order valence-corrected chi connectivity index (χ4v) is 2.24. The van der Waals surface area contributed by atoms with Crippen LogP contribution in [0.1, 0.15) is 19.3 Å². The van der Waals surface area contributed by atoms with Gasteiger partial charge in [0.25, 0.3) is 0 Å². The molecular formula is C9H16N2O. The molecule has 1 N–H and O–H groups in total. The highest BCUT2D eigenvalue weighted by atomic mass is 16.2. The molecule has 2 saturated carbocycles. The lowest BCUT2D eigenvalue weighted by molar-refractivity contribution is -0.128. The zero-order chi connectivity index (χ0) is 8.72. The lowest BCUT2D eigenvalue weighted by Crippen LogP contribution is -2.39. The summed E-state index contributed by atoms with van der Waals surface area (Å²) in [6, 6.07) is 0. The van der Waals surface area contributed by atoms with E-state index in [1.54, 1.807) is 5.01 Å². The number of amides is 1. The summed E-state index contributed by atoms with van der Waals surface area (Å²) >= 11 is 0. The van der Waals surface area contributed by atoms with Crippen LogP contribution in [-0.4, -0.2) is 25.0 Å². The summed E-state index contributed by atoms with van der Waals surface area (Å²) in [6.45, 7) is 0. The maximum atomic E-state index is 11.5. The molecule has 2 aliphatic carbocycles. The fraction of sp³-hybridized carbons (Fsp3) is 0.889. The van der Waals surface area contributed by atoms with Crippen molar-refractivity contribution in [3.8, 4) is 0 Å². The first kappa shape index (κ1) is 8.05. The van der Waals surface area contributed by atoms with Crippen LogP contribution in [0.3, 0.4) is 0 Å². The molecular weight excluding hydrogens is 152 g/mol. The number of fused-ring (bicyclic) bond motifs is 1. The molecule has 0 spiro atoms. The molecule has 12 heavy (non-hydrogen) atoms. The monoisotopic (exact) mass is 168 g/mol. The molecule has 3 nitrogen and oxygen atoms in total. The standard InChI is InChI=1S/C9H16N2O/c1-11(2)10-9(12)8-4-6-3-7(6)5-8/h6-8H,3-5H2,1-2H3,(H,10,12). The van der Waals surface area contributed by atoms with Crippen LogP contribution in [0.2, 0.25) is 0 Å². The number of carbonyl (C=O) groups excluding carboxylic acids is 1. The molecule has 0 aromatic rings. The maximum absolute atomic E-state index is 11.5. The molecule has 1 amide bonds. The molecule has 0 saturated heterocycles. The minimum absolute atomic E-state index is 0.215. The van der Waals surface area contributed by atoms with E-state index in [-0.39, 0.29) is 5.91 Å². The normalized spacial score (nSPS) is 38.1. The molecule has 2 rings (SSSR count). The van der Waals surface area contributed by atoms with Gasteiger partial charge in [0.15, 0.2) is 0 Å². The van der Waals surface area contributed by atoms with Gasteiger partial charge in [-0.2, -0.15) is 0 Å². The molecule has 0 heterocycles. The molecule has 0 bridgehead atoms. The third kappa shape index (κ3) is 1.46. The van der Waals surface area contributed by atoms with Crippen LogP contribution < -0.4 is 5.43 Å². The van der Waals surface area contributed by atoms with Crippen LogP contribution in [0, 0.1) is 17.8 Å². The molecule has 3 heteroatoms. The van der Waals surface area contributed by atoms with Gasteiger partial charge in [0, 0.05) is 20.0 Å². The molecule has 2 fully saturated rings. The van der Waals surface area contributed by atoms with Crippen molar-refractivity contribution < 1.29 is 4.79 Å². The van der Waals surface area contributed by atoms with Crippen molar-refractivity contribution in [2.45, 2.75) is 19.3 Å². The Morgan fingerprint density at radius 3 is 2.33 bits per heavy atom. The second-order valence-corrected chi connectivity index (χ2v) is 4.29. The number of rotatable bonds is 2. The summed E-state index contributed by atoms with van der Waals surface area (Å²) in [7, 11) is 3.71. The van der Waals surface area contributed by atoms with E-state index in [0.29, 0.717) is 5.92 Å². The van der Waals surface area contributed by atoms with E-state index in [0.717, 1.165) is 24.7 Å². The minimum Gasteiger partial charge on any atom is -0.289 e. The zero-order valence-electron chi connectivity index (χ0n) is 7.71. The number of hydrazine groups is 1. The highest BCUT2D eigenvalue weighted by Crippen LogP contribution is 2.54. The van der Waals surface area contributed by atoms with Crippen LogP contribution in [0.4, 0.5) is 0 Å². The van der Waals surface area contributed by atoms with E-state index in [4.69, 9.17) is 0 Å². The van der Waals surface area contributed by atoms with Crippen LogP contribution in [-0.2, 0) is 4.79 Å². The largest absolute Gasteiger partial charge is 0.289 e. The third-order valence-electron chi connectivity index (χ3n) is 2.95. The van der Waals surface area contributed by atoms with Gasteiger partial charge in [-0.1, -0.05) is 0 Å². The van der Waals surface area contributed by atoms with E-state index < -0.39 is 0 Å². The molecule has 0 aliphatic heterocycles. The van der Waals surface area contributed by atoms with Crippen molar-refractivity contribution in [1.29, 1.82) is 0 Å². The molecule has 2 aliphatic rings. The molecule has 0 aromatic carbocycles. The Kier molecular flexibility index (Phi) is 1.83. The van der Waals surface area contributed by atoms with Crippen molar-refractivity contribution in [2.75, 3.05) is 14.1 Å². The topological polar surface area (TPSA) is 32.3 Å². The Morgan fingerprint density at radius 2 is 1.83 bits per heavy atom. The van der Waals surface area contributed by atoms with Crippen molar-refractivity contribution in [1.82, 2.24) is 10.4 Å². The molecule has 2 unspecified atom stereocenters. The first-order valence-electron chi connectivity index (χ1n) is 4.64. The second kappa shape index (κ2) is 2.73. The zero-order valence-corrected chi connectivity index (χ0v) is 7.71. The van der Waals surface area contributed by atoms with Gasteiger partial charge in [-0.05, 0) is 31.1 Å². The van der Waals surface area contributed by atoms with Gasteiger partial charge >= 0.3 is 0 Å². The highest BCUT2D eigenvalue weighted by molar-refractivity contribution is 5.78. The van der Waals surface area contributed by atoms with E-state index in [1.807, 2.05) is 14.1 Å². The van der Waals surface area contributed by atoms with Gasteiger partial charge in [-0.15, -0.1) is 0 Å². The van der Waals surface area contributed by atoms with E-state index in [1.165, 1.54) is 6.42 Å². The average Bonchev–Trinajstić information content (AvgIpc) is 2.57. The molecule has 68 valence electrons. The van der Waals surface area contributed by atoms with Crippen LogP contribution in [0.5, 0.6) is 0 Å². The summed E-state index contributed by atoms with van der Waals surface area (Å²) in [4.78, 5) is 11.5. The second-order valence-electron chi connectivity index (χ2n) is 4.29. The van der Waals surface area contributed by atoms with Crippen molar-refractivity contribution in [2.24, 2.45) is 17.8 Å². The van der Waals surface area contributed by atoms with E-state index >= 15 is 0 Å². The van der Waals surface area contributed by atoms with Gasteiger partial charge in [-0.25, -0.2) is 5.01 Å². The van der Waals surface area contributed by atoms with Crippen LogP contribution in [0.15, 0.2) is 0 Å². The lowest BCUT2D eigenvalue weighted by atomic mass is 10.0. The van der Waals surface area contributed by atoms with Gasteiger partial charge in [0.05, 0.1) is 0 Å². The van der Waals surface area contributed by atoms with Crippen molar-refractivity contribution in [3.63, 3.8) is 0 Å². The number of hydrogen-bond acceptors (Lipinski definition) is 2. The van der Waals surface area contributed by atoms with E-state index in [9.17, 15) is 4.79 Å². The Morgan fingerprint density at radius 1 is 1.25 bits per heavy atom. The number of nitrogens with one attached hydrogen (secondary N) is 1. The van der Waals surface area contributed by atoms with Gasteiger partial charge in [0.2, 0.25) is 5.91 Å². The Balaban J connectivity index is 1.81. The lowest BCUT2D eigenvalue weighted by Gasteiger charge is -2.16. The van der Waals surface area contributed by atoms with Crippen molar-refractivity contribution >= 4 is 5.91 Å². The molecule has 0 radical (unpaired) electrons. The van der Waals surface area contributed by atoms with Crippen LogP contribution in [0.25, 0.3) is 0 Å². The first-order chi connectivity index (χ1) is 5.66. The smallest absolute Gasteiger partial charge is 0.237 e. The number of hydrogen-bond donors (Lipinski definition) is 1. The van der Waals surface area contributed by atoms with Crippen molar-refractivity contribution in [3.05, 3.63) is 0 Å². The summed E-state index contributed by atoms with van der Waals surface area (Å²) in [5.41, 5.74) is 2.82.